The van der Waals surface area contributed by atoms with E-state index in [1.54, 1.807) is 6.92 Å². The highest BCUT2D eigenvalue weighted by molar-refractivity contribution is 5.13. The fourth-order valence-electron chi connectivity index (χ4n) is 2.16. The van der Waals surface area contributed by atoms with Crippen molar-refractivity contribution in [2.24, 2.45) is 5.92 Å². The Labute approximate surface area is 87.9 Å². The van der Waals surface area contributed by atoms with E-state index < -0.39 is 6.10 Å². The number of aromatic amines is 2. The third-order valence-electron chi connectivity index (χ3n) is 3.03. The first-order valence-electron chi connectivity index (χ1n) is 5.36. The first-order chi connectivity index (χ1) is 7.18. The van der Waals surface area contributed by atoms with Crippen molar-refractivity contribution < 1.29 is 5.11 Å². The van der Waals surface area contributed by atoms with Gasteiger partial charge in [0.15, 0.2) is 0 Å². The van der Waals surface area contributed by atoms with E-state index in [0.29, 0.717) is 5.69 Å². The molecule has 1 aromatic heterocycles. The van der Waals surface area contributed by atoms with Crippen molar-refractivity contribution in [2.45, 2.75) is 25.9 Å². The summed E-state index contributed by atoms with van der Waals surface area (Å²) >= 11 is 0. The molecule has 0 amide bonds. The number of aliphatic hydroxyl groups is 1. The number of nitrogens with one attached hydrogen (secondary N) is 3. The Morgan fingerprint density at radius 1 is 1.47 bits per heavy atom. The van der Waals surface area contributed by atoms with Gasteiger partial charge in [-0.1, -0.05) is 0 Å². The number of hydrogen-bond acceptors (Lipinski definition) is 3. The largest absolute Gasteiger partial charge is 0.386 e. The van der Waals surface area contributed by atoms with Gasteiger partial charge < -0.3 is 20.4 Å². The molecular formula is C10H17N3O2. The third-order valence-corrected chi connectivity index (χ3v) is 3.03. The minimum absolute atomic E-state index is 0.198. The molecule has 2 rings (SSSR count). The highest BCUT2D eigenvalue weighted by Gasteiger charge is 2.25. The SMILES string of the molecule is Cc1[nH]c(=O)[nH]c1C(O)C1CCCNC1. The van der Waals surface area contributed by atoms with Crippen LogP contribution in [-0.2, 0) is 0 Å². The molecule has 1 aliphatic rings. The molecule has 5 nitrogen and oxygen atoms in total. The third kappa shape index (κ3) is 2.13. The molecule has 15 heavy (non-hydrogen) atoms. The predicted molar refractivity (Wildman–Crippen MR) is 56.7 cm³/mol. The van der Waals surface area contributed by atoms with E-state index in [4.69, 9.17) is 0 Å². The van der Waals surface area contributed by atoms with Crippen molar-refractivity contribution in [3.63, 3.8) is 0 Å². The Morgan fingerprint density at radius 3 is 2.80 bits per heavy atom. The van der Waals surface area contributed by atoms with Crippen LogP contribution < -0.4 is 11.0 Å². The summed E-state index contributed by atoms with van der Waals surface area (Å²) in [5, 5.41) is 13.4. The number of aromatic nitrogens is 2. The van der Waals surface area contributed by atoms with Crippen LogP contribution in [0.15, 0.2) is 4.79 Å². The van der Waals surface area contributed by atoms with Crippen LogP contribution in [0.25, 0.3) is 0 Å². The van der Waals surface area contributed by atoms with Crippen LogP contribution in [0.5, 0.6) is 0 Å². The fraction of sp³-hybridized carbons (Fsp3) is 0.700. The molecule has 0 radical (unpaired) electrons. The predicted octanol–water partition coefficient (Wildman–Crippen LogP) is 0.0444. The number of rotatable bonds is 2. The maximum atomic E-state index is 11.1. The van der Waals surface area contributed by atoms with Gasteiger partial charge in [-0.3, -0.25) is 0 Å². The average Bonchev–Trinajstić information content (AvgIpc) is 2.58. The van der Waals surface area contributed by atoms with Crippen LogP contribution in [0.4, 0.5) is 0 Å². The van der Waals surface area contributed by atoms with E-state index in [1.165, 1.54) is 0 Å². The zero-order chi connectivity index (χ0) is 10.8. The summed E-state index contributed by atoms with van der Waals surface area (Å²) in [7, 11) is 0. The smallest absolute Gasteiger partial charge is 0.323 e. The lowest BCUT2D eigenvalue weighted by molar-refractivity contribution is 0.0881. The van der Waals surface area contributed by atoms with Crippen molar-refractivity contribution >= 4 is 0 Å². The Kier molecular flexibility index (Phi) is 2.93. The molecular weight excluding hydrogens is 194 g/mol. The number of H-pyrrole nitrogens is 2. The van der Waals surface area contributed by atoms with Crippen LogP contribution in [0, 0.1) is 12.8 Å². The number of imidazole rings is 1. The van der Waals surface area contributed by atoms with Gasteiger partial charge in [0.05, 0.1) is 11.8 Å². The number of hydrogen-bond donors (Lipinski definition) is 4. The van der Waals surface area contributed by atoms with E-state index in [0.717, 1.165) is 31.6 Å². The second-order valence-corrected chi connectivity index (χ2v) is 4.17. The molecule has 0 bridgehead atoms. The maximum Gasteiger partial charge on any atom is 0.323 e. The van der Waals surface area contributed by atoms with Gasteiger partial charge in [0.25, 0.3) is 0 Å². The van der Waals surface area contributed by atoms with E-state index in [-0.39, 0.29) is 11.6 Å². The van der Waals surface area contributed by atoms with Gasteiger partial charge >= 0.3 is 5.69 Å². The Morgan fingerprint density at radius 2 is 2.27 bits per heavy atom. The fourth-order valence-corrected chi connectivity index (χ4v) is 2.16. The van der Waals surface area contributed by atoms with Gasteiger partial charge in [0.1, 0.15) is 0 Å². The van der Waals surface area contributed by atoms with Crippen LogP contribution in [0.2, 0.25) is 0 Å². The lowest BCUT2D eigenvalue weighted by Crippen LogP contribution is -2.33. The minimum atomic E-state index is -0.572. The number of aryl methyl sites for hydroxylation is 1. The first kappa shape index (κ1) is 10.4. The quantitative estimate of drug-likeness (QED) is 0.557. The summed E-state index contributed by atoms with van der Waals surface area (Å²) in [6.07, 6.45) is 1.51. The summed E-state index contributed by atoms with van der Waals surface area (Å²) in [5.41, 5.74) is 1.12. The van der Waals surface area contributed by atoms with Crippen molar-refractivity contribution in [2.75, 3.05) is 13.1 Å². The lowest BCUT2D eigenvalue weighted by atomic mass is 9.91. The van der Waals surface area contributed by atoms with Gasteiger partial charge in [-0.2, -0.15) is 0 Å². The topological polar surface area (TPSA) is 80.9 Å². The van der Waals surface area contributed by atoms with Crippen LogP contribution >= 0.6 is 0 Å². The van der Waals surface area contributed by atoms with E-state index in [9.17, 15) is 9.90 Å². The molecule has 2 unspecified atom stereocenters. The maximum absolute atomic E-state index is 11.1. The van der Waals surface area contributed by atoms with Gasteiger partial charge in [-0.15, -0.1) is 0 Å². The second-order valence-electron chi connectivity index (χ2n) is 4.17. The van der Waals surface area contributed by atoms with Crippen LogP contribution in [0.1, 0.15) is 30.3 Å². The highest BCUT2D eigenvalue weighted by atomic mass is 16.3. The van der Waals surface area contributed by atoms with Gasteiger partial charge in [0.2, 0.25) is 0 Å². The van der Waals surface area contributed by atoms with E-state index >= 15 is 0 Å². The standard InChI is InChI=1S/C10H17N3O2/c1-6-8(13-10(15)12-6)9(14)7-3-2-4-11-5-7/h7,9,11,14H,2-5H2,1H3,(H2,12,13,15). The van der Waals surface area contributed by atoms with Gasteiger partial charge in [-0.25, -0.2) is 4.79 Å². The Hall–Kier alpha value is -1.07. The van der Waals surface area contributed by atoms with Crippen molar-refractivity contribution in [1.29, 1.82) is 0 Å². The molecule has 0 saturated carbocycles. The Balaban J connectivity index is 2.15. The molecule has 84 valence electrons. The highest BCUT2D eigenvalue weighted by Crippen LogP contribution is 2.26. The molecule has 4 N–H and O–H groups in total. The molecule has 0 aromatic carbocycles. The molecule has 1 aliphatic heterocycles. The lowest BCUT2D eigenvalue weighted by Gasteiger charge is -2.26. The summed E-state index contributed by atoms with van der Waals surface area (Å²) in [5.74, 6) is 0.198. The molecule has 1 fully saturated rings. The van der Waals surface area contributed by atoms with Crippen molar-refractivity contribution in [3.05, 3.63) is 21.9 Å². The van der Waals surface area contributed by atoms with Crippen LogP contribution in [0.3, 0.4) is 0 Å². The zero-order valence-electron chi connectivity index (χ0n) is 8.84. The Bertz CT molecular complexity index is 376. The summed E-state index contributed by atoms with van der Waals surface area (Å²) in [6, 6.07) is 0. The van der Waals surface area contributed by atoms with Crippen molar-refractivity contribution in [3.8, 4) is 0 Å². The zero-order valence-corrected chi connectivity index (χ0v) is 8.84. The molecule has 5 heteroatoms. The number of piperidine rings is 1. The molecule has 2 atom stereocenters. The van der Waals surface area contributed by atoms with E-state index in [1.807, 2.05) is 0 Å². The molecule has 1 saturated heterocycles. The molecule has 1 aromatic rings. The number of aliphatic hydroxyl groups excluding tert-OH is 1. The van der Waals surface area contributed by atoms with Gasteiger partial charge in [-0.05, 0) is 26.3 Å². The van der Waals surface area contributed by atoms with Gasteiger partial charge in [0, 0.05) is 18.2 Å². The van der Waals surface area contributed by atoms with Crippen LogP contribution in [-0.4, -0.2) is 28.2 Å². The summed E-state index contributed by atoms with van der Waals surface area (Å²) < 4.78 is 0. The second kappa shape index (κ2) is 4.20. The normalized spacial score (nSPS) is 24.0. The van der Waals surface area contributed by atoms with E-state index in [2.05, 4.69) is 15.3 Å². The average molecular weight is 211 g/mol. The minimum Gasteiger partial charge on any atom is -0.386 e. The monoisotopic (exact) mass is 211 g/mol. The molecule has 0 aliphatic carbocycles. The first-order valence-corrected chi connectivity index (χ1v) is 5.36. The van der Waals surface area contributed by atoms with Crippen molar-refractivity contribution in [1.82, 2.24) is 15.3 Å². The summed E-state index contributed by atoms with van der Waals surface area (Å²) in [6.45, 7) is 3.63. The molecule has 0 spiro atoms. The summed E-state index contributed by atoms with van der Waals surface area (Å²) in [4.78, 5) is 16.3. The molecule has 2 heterocycles.